The summed E-state index contributed by atoms with van der Waals surface area (Å²) in [6.45, 7) is 6.03. The Hall–Kier alpha value is -5.36. The van der Waals surface area contributed by atoms with Crippen molar-refractivity contribution in [1.29, 1.82) is 0 Å². The first-order chi connectivity index (χ1) is 20.5. The minimum atomic E-state index is -0.225. The van der Waals surface area contributed by atoms with E-state index >= 15 is 0 Å². The number of nitrogens with one attached hydrogen (secondary N) is 2. The van der Waals surface area contributed by atoms with Gasteiger partial charge in [-0.05, 0) is 85.1 Å². The van der Waals surface area contributed by atoms with Gasteiger partial charge in [-0.15, -0.1) is 0 Å². The first kappa shape index (κ1) is 28.2. The Morgan fingerprint density at radius 1 is 0.619 bits per heavy atom. The second-order valence-corrected chi connectivity index (χ2v) is 9.90. The van der Waals surface area contributed by atoms with Crippen LogP contribution < -0.4 is 19.8 Å². The fourth-order valence-electron chi connectivity index (χ4n) is 4.58. The molecule has 0 aliphatic carbocycles. The number of nitrogens with zero attached hydrogens (tertiary/aromatic N) is 2. The van der Waals surface area contributed by atoms with E-state index in [-0.39, 0.29) is 11.8 Å². The number of rotatable bonds is 9. The van der Waals surface area contributed by atoms with Crippen LogP contribution in [0.15, 0.2) is 128 Å². The van der Waals surface area contributed by atoms with E-state index < -0.39 is 0 Å². The van der Waals surface area contributed by atoms with Crippen LogP contribution in [-0.4, -0.2) is 11.8 Å². The number of anilines is 2. The second-order valence-electron chi connectivity index (χ2n) is 9.90. The summed E-state index contributed by atoms with van der Waals surface area (Å²) in [5.41, 5.74) is 7.23. The third-order valence-electron chi connectivity index (χ3n) is 7.01. The van der Waals surface area contributed by atoms with E-state index in [4.69, 9.17) is 0 Å². The molecule has 0 aliphatic rings. The zero-order valence-electron chi connectivity index (χ0n) is 23.8. The fourth-order valence-corrected chi connectivity index (χ4v) is 4.58. The lowest BCUT2D eigenvalue weighted by molar-refractivity contribution is -0.693. The van der Waals surface area contributed by atoms with Crippen LogP contribution in [0.4, 0.5) is 11.4 Å². The lowest BCUT2D eigenvalue weighted by Gasteiger charge is -2.07. The van der Waals surface area contributed by atoms with Crippen molar-refractivity contribution in [3.05, 3.63) is 139 Å². The van der Waals surface area contributed by atoms with Crippen molar-refractivity contribution in [2.75, 3.05) is 10.6 Å². The summed E-state index contributed by atoms with van der Waals surface area (Å²) in [7, 11) is 0. The van der Waals surface area contributed by atoms with Gasteiger partial charge in [0.15, 0.2) is 24.8 Å². The fraction of sp³-hybridized carbons (Fsp3) is 0.111. The third-order valence-corrected chi connectivity index (χ3v) is 7.01. The van der Waals surface area contributed by atoms with Gasteiger partial charge in [0.05, 0.1) is 0 Å². The van der Waals surface area contributed by atoms with Gasteiger partial charge >= 0.3 is 0 Å². The molecule has 6 heteroatoms. The molecule has 0 unspecified atom stereocenters. The highest BCUT2D eigenvalue weighted by atomic mass is 16.2. The van der Waals surface area contributed by atoms with E-state index in [0.717, 1.165) is 52.3 Å². The van der Waals surface area contributed by atoms with Gasteiger partial charge in [-0.2, -0.15) is 0 Å². The molecule has 0 aliphatic heterocycles. The van der Waals surface area contributed by atoms with Gasteiger partial charge in [-0.1, -0.05) is 36.4 Å². The number of amides is 2. The van der Waals surface area contributed by atoms with Crippen molar-refractivity contribution in [2.45, 2.75) is 26.9 Å². The highest BCUT2D eigenvalue weighted by molar-refractivity contribution is 6.05. The smallest absolute Gasteiger partial charge is 0.255 e. The molecular formula is C36H34N4O2+2. The van der Waals surface area contributed by atoms with Crippen molar-refractivity contribution in [3.63, 3.8) is 0 Å². The summed E-state index contributed by atoms with van der Waals surface area (Å²) in [6, 6.07) is 30.9. The molecule has 0 radical (unpaired) electrons. The van der Waals surface area contributed by atoms with Crippen LogP contribution in [0.1, 0.15) is 29.8 Å². The minimum absolute atomic E-state index is 0.192. The Morgan fingerprint density at radius 2 is 1.12 bits per heavy atom. The Labute approximate surface area is 246 Å². The Morgan fingerprint density at radius 3 is 1.62 bits per heavy atom. The summed E-state index contributed by atoms with van der Waals surface area (Å²) >= 11 is 0. The number of carbonyl (C=O) groups is 2. The maximum Gasteiger partial charge on any atom is 0.255 e. The van der Waals surface area contributed by atoms with Gasteiger partial charge < -0.3 is 10.6 Å². The normalized spacial score (nSPS) is 10.9. The highest BCUT2D eigenvalue weighted by Crippen LogP contribution is 2.22. The van der Waals surface area contributed by atoms with Crippen LogP contribution in [0.3, 0.4) is 0 Å². The topological polar surface area (TPSA) is 66.0 Å². The summed E-state index contributed by atoms with van der Waals surface area (Å²) in [5, 5.41) is 5.84. The zero-order valence-corrected chi connectivity index (χ0v) is 23.8. The predicted octanol–water partition coefficient (Wildman–Crippen LogP) is 6.54. The lowest BCUT2D eigenvalue weighted by atomic mass is 10.1. The molecule has 5 aromatic rings. The van der Waals surface area contributed by atoms with Gasteiger partial charge in [0.25, 0.3) is 5.91 Å². The van der Waals surface area contributed by atoms with Crippen LogP contribution in [0.5, 0.6) is 0 Å². The van der Waals surface area contributed by atoms with Crippen molar-refractivity contribution in [3.8, 4) is 22.3 Å². The van der Waals surface area contributed by atoms with Crippen LogP contribution in [-0.2, 0) is 17.9 Å². The summed E-state index contributed by atoms with van der Waals surface area (Å²) in [6.07, 6.45) is 11.5. The molecule has 0 bridgehead atoms. The summed E-state index contributed by atoms with van der Waals surface area (Å²) in [5.74, 6) is -0.417. The van der Waals surface area contributed by atoms with Gasteiger partial charge in [0.1, 0.15) is 13.1 Å². The number of aryl methyl sites for hydroxylation is 2. The molecule has 0 saturated heterocycles. The van der Waals surface area contributed by atoms with E-state index in [1.807, 2.05) is 85.2 Å². The van der Waals surface area contributed by atoms with Crippen LogP contribution in [0, 0.1) is 0 Å². The Balaban J connectivity index is 1.14. The van der Waals surface area contributed by atoms with Crippen molar-refractivity contribution in [1.82, 2.24) is 0 Å². The molecule has 0 saturated carbocycles. The molecule has 2 amide bonds. The highest BCUT2D eigenvalue weighted by Gasteiger charge is 2.08. The van der Waals surface area contributed by atoms with Crippen molar-refractivity contribution in [2.24, 2.45) is 0 Å². The van der Waals surface area contributed by atoms with E-state index in [1.54, 1.807) is 18.2 Å². The largest absolute Gasteiger partial charge is 0.323 e. The van der Waals surface area contributed by atoms with Gasteiger partial charge in [-0.25, -0.2) is 9.13 Å². The second kappa shape index (κ2) is 13.3. The Bertz CT molecular complexity index is 1710. The van der Waals surface area contributed by atoms with Gasteiger partial charge in [0, 0.05) is 46.3 Å². The summed E-state index contributed by atoms with van der Waals surface area (Å²) < 4.78 is 4.25. The number of hydrogen-bond acceptors (Lipinski definition) is 2. The monoisotopic (exact) mass is 554 g/mol. The zero-order chi connectivity index (χ0) is 29.3. The van der Waals surface area contributed by atoms with Crippen molar-refractivity contribution < 1.29 is 18.7 Å². The lowest BCUT2D eigenvalue weighted by Crippen LogP contribution is -2.30. The molecule has 2 N–H and O–H groups in total. The molecule has 0 spiro atoms. The first-order valence-corrected chi connectivity index (χ1v) is 14.1. The average Bonchev–Trinajstić information content (AvgIpc) is 3.04. The van der Waals surface area contributed by atoms with Gasteiger partial charge in [-0.3, -0.25) is 9.59 Å². The number of hydrogen-bond donors (Lipinski definition) is 2. The predicted molar refractivity (Wildman–Crippen MR) is 168 cm³/mol. The molecule has 6 nitrogen and oxygen atoms in total. The van der Waals surface area contributed by atoms with E-state index in [0.29, 0.717) is 5.56 Å². The molecule has 2 aromatic heterocycles. The Kier molecular flexibility index (Phi) is 8.94. The molecule has 2 heterocycles. The van der Waals surface area contributed by atoms with E-state index in [9.17, 15) is 9.59 Å². The molecule has 0 atom stereocenters. The quantitative estimate of drug-likeness (QED) is 0.161. The molecular weight excluding hydrogens is 520 g/mol. The average molecular weight is 555 g/mol. The molecule has 208 valence electrons. The minimum Gasteiger partial charge on any atom is -0.323 e. The standard InChI is InChI=1S/C36H32N4O2/c1-3-39-23-5-7-31(25-39)28-14-18-33(19-15-28)37-35(41)22-11-27-9-12-30(13-10-27)36(42)38-34-20-16-29(17-21-34)32-8-6-24-40(4-2)26-32/h5-26H,3-4H2,1-2H3/p+2/b22-11+. The number of benzene rings is 3. The maximum atomic E-state index is 12.8. The number of carbonyl (C=O) groups excluding carboxylic acids is 2. The number of pyridine rings is 2. The first-order valence-electron chi connectivity index (χ1n) is 14.1. The van der Waals surface area contributed by atoms with Crippen LogP contribution in [0.2, 0.25) is 0 Å². The molecule has 5 rings (SSSR count). The van der Waals surface area contributed by atoms with Crippen LogP contribution in [0.25, 0.3) is 28.3 Å². The van der Waals surface area contributed by atoms with E-state index in [2.05, 4.69) is 58.1 Å². The summed E-state index contributed by atoms with van der Waals surface area (Å²) in [4.78, 5) is 25.3. The third kappa shape index (κ3) is 7.23. The SMILES string of the molecule is CC[n+]1cccc(-c2ccc(NC(=O)/C=C/c3ccc(C(=O)Nc4ccc(-c5ccc[n+](CC)c5)cc4)cc3)cc2)c1. The molecule has 42 heavy (non-hydrogen) atoms. The maximum absolute atomic E-state index is 12.8. The molecule has 3 aromatic carbocycles. The van der Waals surface area contributed by atoms with Crippen molar-refractivity contribution >= 4 is 29.3 Å². The van der Waals surface area contributed by atoms with E-state index in [1.165, 1.54) is 6.08 Å². The van der Waals surface area contributed by atoms with Gasteiger partial charge in [0.2, 0.25) is 5.91 Å². The molecule has 0 fully saturated rings. The number of aromatic nitrogens is 2. The van der Waals surface area contributed by atoms with Crippen LogP contribution >= 0.6 is 0 Å².